The van der Waals surface area contributed by atoms with Crippen LogP contribution < -0.4 is 21.1 Å². The normalized spacial score (nSPS) is 11.1. The summed E-state index contributed by atoms with van der Waals surface area (Å²) in [7, 11) is 0. The maximum Gasteiger partial charge on any atom is 0.573 e. The average molecular weight is 397 g/mol. The lowest BCUT2D eigenvalue weighted by Gasteiger charge is -2.13. The summed E-state index contributed by atoms with van der Waals surface area (Å²) < 4.78 is 40.4. The van der Waals surface area contributed by atoms with Gasteiger partial charge in [-0.05, 0) is 36.4 Å². The van der Waals surface area contributed by atoms with Crippen molar-refractivity contribution in [3.63, 3.8) is 0 Å². The Kier molecular flexibility index (Phi) is 5.17. The summed E-state index contributed by atoms with van der Waals surface area (Å²) >= 11 is 5.79. The molecule has 140 valence electrons. The zero-order chi connectivity index (χ0) is 19.4. The van der Waals surface area contributed by atoms with Gasteiger partial charge in [-0.2, -0.15) is 0 Å². The number of nitrogens with two attached hydrogens (primary N) is 1. The number of nitrogens with one attached hydrogen (secondary N) is 2. The topological polar surface area (TPSA) is 98.0 Å². The number of nitrogen functional groups attached to an aromatic ring is 1. The third-order valence-corrected chi connectivity index (χ3v) is 3.43. The van der Waals surface area contributed by atoms with Crippen LogP contribution in [0.4, 0.5) is 42.0 Å². The second-order valence-electron chi connectivity index (χ2n) is 5.17. The van der Waals surface area contributed by atoms with Crippen LogP contribution in [0.15, 0.2) is 48.9 Å². The SMILES string of the molecule is Nc1c(Nc2ccc(OC(F)(F)F)cc2)ncnc1Nc1ccc(Cl)cn1. The fraction of sp³-hybridized carbons (Fsp3) is 0.0625. The highest BCUT2D eigenvalue weighted by Crippen LogP contribution is 2.29. The smallest absolute Gasteiger partial charge is 0.406 e. The Morgan fingerprint density at radius 3 is 2.19 bits per heavy atom. The molecule has 0 unspecified atom stereocenters. The molecule has 7 nitrogen and oxygen atoms in total. The van der Waals surface area contributed by atoms with Crippen molar-refractivity contribution >= 4 is 40.4 Å². The maximum absolute atomic E-state index is 12.2. The summed E-state index contributed by atoms with van der Waals surface area (Å²) in [6, 6.07) is 8.44. The molecule has 0 atom stereocenters. The van der Waals surface area contributed by atoms with Crippen molar-refractivity contribution in [2.24, 2.45) is 0 Å². The van der Waals surface area contributed by atoms with E-state index in [1.165, 1.54) is 36.8 Å². The van der Waals surface area contributed by atoms with Crippen LogP contribution in [-0.2, 0) is 0 Å². The van der Waals surface area contributed by atoms with Crippen LogP contribution in [0.1, 0.15) is 0 Å². The summed E-state index contributed by atoms with van der Waals surface area (Å²) in [5.41, 5.74) is 6.71. The van der Waals surface area contributed by atoms with E-state index < -0.39 is 6.36 Å². The maximum atomic E-state index is 12.2. The monoisotopic (exact) mass is 396 g/mol. The van der Waals surface area contributed by atoms with Crippen molar-refractivity contribution in [3.8, 4) is 5.75 Å². The molecule has 0 saturated heterocycles. The molecule has 0 aliphatic rings. The summed E-state index contributed by atoms with van der Waals surface area (Å²) in [5.74, 6) is 0.717. The third kappa shape index (κ3) is 5.11. The van der Waals surface area contributed by atoms with Gasteiger partial charge in [0.2, 0.25) is 0 Å². The number of halogens is 4. The molecule has 27 heavy (non-hydrogen) atoms. The molecule has 2 aromatic heterocycles. The molecule has 0 fully saturated rings. The largest absolute Gasteiger partial charge is 0.573 e. The number of nitrogens with zero attached hydrogens (tertiary/aromatic N) is 3. The van der Waals surface area contributed by atoms with E-state index >= 15 is 0 Å². The van der Waals surface area contributed by atoms with Crippen LogP contribution in [0.25, 0.3) is 0 Å². The molecule has 0 saturated carbocycles. The number of aromatic nitrogens is 3. The average Bonchev–Trinajstić information content (AvgIpc) is 2.61. The third-order valence-electron chi connectivity index (χ3n) is 3.21. The van der Waals surface area contributed by atoms with Crippen molar-refractivity contribution in [3.05, 3.63) is 53.9 Å². The predicted octanol–water partition coefficient (Wildman–Crippen LogP) is 4.49. The molecule has 4 N–H and O–H groups in total. The van der Waals surface area contributed by atoms with Crippen molar-refractivity contribution in [1.29, 1.82) is 0 Å². The second kappa shape index (κ2) is 7.54. The van der Waals surface area contributed by atoms with E-state index in [1.54, 1.807) is 12.1 Å². The fourth-order valence-corrected chi connectivity index (χ4v) is 2.15. The number of alkyl halides is 3. The van der Waals surface area contributed by atoms with Crippen LogP contribution in [0, 0.1) is 0 Å². The number of pyridine rings is 1. The van der Waals surface area contributed by atoms with E-state index in [0.29, 0.717) is 22.3 Å². The van der Waals surface area contributed by atoms with E-state index in [9.17, 15) is 13.2 Å². The first-order valence-corrected chi connectivity index (χ1v) is 7.80. The molecule has 0 aliphatic heterocycles. The Labute approximate surface area is 156 Å². The highest BCUT2D eigenvalue weighted by molar-refractivity contribution is 6.30. The lowest BCUT2D eigenvalue weighted by atomic mass is 10.3. The van der Waals surface area contributed by atoms with Gasteiger partial charge in [0.05, 0.1) is 5.02 Å². The molecule has 0 radical (unpaired) electrons. The predicted molar refractivity (Wildman–Crippen MR) is 95.4 cm³/mol. The Balaban J connectivity index is 1.74. The molecule has 0 spiro atoms. The van der Waals surface area contributed by atoms with E-state index in [2.05, 4.69) is 30.3 Å². The van der Waals surface area contributed by atoms with Gasteiger partial charge >= 0.3 is 6.36 Å². The summed E-state index contributed by atoms with van der Waals surface area (Å²) in [6.45, 7) is 0. The molecular formula is C16H12ClF3N6O. The van der Waals surface area contributed by atoms with Gasteiger partial charge in [0, 0.05) is 11.9 Å². The van der Waals surface area contributed by atoms with E-state index in [4.69, 9.17) is 17.3 Å². The second-order valence-corrected chi connectivity index (χ2v) is 5.60. The van der Waals surface area contributed by atoms with Crippen LogP contribution in [0.5, 0.6) is 5.75 Å². The standard InChI is InChI=1S/C16H12ClF3N6O/c17-9-1-6-12(22-7-9)26-15-13(21)14(23-8-24-15)25-10-2-4-11(5-3-10)27-16(18,19)20/h1-8H,21H2,(H2,22,23,24,25,26). The number of ether oxygens (including phenoxy) is 1. The Morgan fingerprint density at radius 2 is 1.59 bits per heavy atom. The zero-order valence-electron chi connectivity index (χ0n) is 13.5. The first-order chi connectivity index (χ1) is 12.8. The molecule has 2 heterocycles. The minimum atomic E-state index is -4.75. The molecule has 1 aromatic carbocycles. The Hall–Kier alpha value is -3.27. The van der Waals surface area contributed by atoms with Crippen molar-refractivity contribution in [1.82, 2.24) is 15.0 Å². The van der Waals surface area contributed by atoms with Crippen molar-refractivity contribution in [2.45, 2.75) is 6.36 Å². The lowest BCUT2D eigenvalue weighted by Crippen LogP contribution is -2.17. The summed E-state index contributed by atoms with van der Waals surface area (Å²) in [4.78, 5) is 12.2. The lowest BCUT2D eigenvalue weighted by molar-refractivity contribution is -0.274. The van der Waals surface area contributed by atoms with E-state index in [1.807, 2.05) is 0 Å². The molecule has 3 rings (SSSR count). The number of hydrogen-bond donors (Lipinski definition) is 3. The number of anilines is 5. The van der Waals surface area contributed by atoms with Gasteiger partial charge in [-0.1, -0.05) is 11.6 Å². The van der Waals surface area contributed by atoms with Gasteiger partial charge in [0.1, 0.15) is 23.6 Å². The molecule has 11 heteroatoms. The Bertz CT molecular complexity index is 919. The minimum absolute atomic E-state index is 0.199. The van der Waals surface area contributed by atoms with Gasteiger partial charge in [-0.25, -0.2) is 15.0 Å². The van der Waals surface area contributed by atoms with Crippen molar-refractivity contribution in [2.75, 3.05) is 16.4 Å². The summed E-state index contributed by atoms with van der Waals surface area (Å²) in [5, 5.41) is 6.32. The van der Waals surface area contributed by atoms with Crippen LogP contribution in [0.3, 0.4) is 0 Å². The first-order valence-electron chi connectivity index (χ1n) is 7.42. The van der Waals surface area contributed by atoms with Gasteiger partial charge in [-0.3, -0.25) is 0 Å². The van der Waals surface area contributed by atoms with Crippen LogP contribution >= 0.6 is 11.6 Å². The highest BCUT2D eigenvalue weighted by Gasteiger charge is 2.30. The highest BCUT2D eigenvalue weighted by atomic mass is 35.5. The zero-order valence-corrected chi connectivity index (χ0v) is 14.2. The number of hydrogen-bond acceptors (Lipinski definition) is 7. The molecule has 0 aliphatic carbocycles. The molecule has 0 amide bonds. The number of benzene rings is 1. The van der Waals surface area contributed by atoms with E-state index in [0.717, 1.165) is 0 Å². The van der Waals surface area contributed by atoms with Gasteiger partial charge in [-0.15, -0.1) is 13.2 Å². The first kappa shape index (κ1) is 18.5. The van der Waals surface area contributed by atoms with Crippen LogP contribution in [-0.4, -0.2) is 21.3 Å². The summed E-state index contributed by atoms with van der Waals surface area (Å²) in [6.07, 6.45) is -2.01. The van der Waals surface area contributed by atoms with Gasteiger partial charge < -0.3 is 21.1 Å². The Morgan fingerprint density at radius 1 is 0.926 bits per heavy atom. The van der Waals surface area contributed by atoms with Crippen LogP contribution in [0.2, 0.25) is 5.02 Å². The fourth-order valence-electron chi connectivity index (χ4n) is 2.04. The van der Waals surface area contributed by atoms with Gasteiger partial charge in [0.15, 0.2) is 11.6 Å². The quantitative estimate of drug-likeness (QED) is 0.584. The number of rotatable bonds is 5. The molecular weight excluding hydrogens is 385 g/mol. The minimum Gasteiger partial charge on any atom is -0.406 e. The van der Waals surface area contributed by atoms with E-state index in [-0.39, 0.29) is 17.3 Å². The molecule has 3 aromatic rings. The van der Waals surface area contributed by atoms with Gasteiger partial charge in [0.25, 0.3) is 0 Å². The molecule has 0 bridgehead atoms. The van der Waals surface area contributed by atoms with Crippen molar-refractivity contribution < 1.29 is 17.9 Å².